The Labute approximate surface area is 125 Å². The third kappa shape index (κ3) is 2.90. The minimum atomic E-state index is 0.328. The second-order valence-corrected chi connectivity index (χ2v) is 7.69. The van der Waals surface area contributed by atoms with Crippen LogP contribution < -0.4 is 5.32 Å². The average molecular weight is 279 g/mol. The molecule has 20 heavy (non-hydrogen) atoms. The van der Waals surface area contributed by atoms with E-state index in [2.05, 4.69) is 36.0 Å². The van der Waals surface area contributed by atoms with Gasteiger partial charge in [0.1, 0.15) is 0 Å². The third-order valence-electron chi connectivity index (χ3n) is 6.34. The van der Waals surface area contributed by atoms with Crippen molar-refractivity contribution in [2.24, 2.45) is 0 Å². The number of fused-ring (bicyclic) bond motifs is 2. The molecular weight excluding hydrogens is 246 g/mol. The molecule has 0 aromatic rings. The van der Waals surface area contributed by atoms with Crippen LogP contribution in [0.15, 0.2) is 0 Å². The molecule has 1 N–H and O–H groups in total. The van der Waals surface area contributed by atoms with Gasteiger partial charge in [-0.25, -0.2) is 0 Å². The highest BCUT2D eigenvalue weighted by Gasteiger charge is 2.40. The van der Waals surface area contributed by atoms with Crippen molar-refractivity contribution in [3.63, 3.8) is 0 Å². The van der Waals surface area contributed by atoms with Gasteiger partial charge in [-0.05, 0) is 65.6 Å². The highest BCUT2D eigenvalue weighted by Crippen LogP contribution is 2.35. The molecule has 0 saturated carbocycles. The van der Waals surface area contributed by atoms with Crippen LogP contribution in [0.4, 0.5) is 0 Å². The van der Waals surface area contributed by atoms with Gasteiger partial charge in [-0.1, -0.05) is 13.3 Å². The first-order valence-corrected chi connectivity index (χ1v) is 8.82. The van der Waals surface area contributed by atoms with Gasteiger partial charge in [0.15, 0.2) is 0 Å². The Bertz CT molecular complexity index is 318. The largest absolute Gasteiger partial charge is 0.310 e. The molecule has 3 saturated heterocycles. The van der Waals surface area contributed by atoms with Gasteiger partial charge in [0.05, 0.1) is 0 Å². The molecule has 3 aliphatic heterocycles. The summed E-state index contributed by atoms with van der Waals surface area (Å²) in [5.74, 6) is 0. The fourth-order valence-corrected chi connectivity index (χ4v) is 4.69. The van der Waals surface area contributed by atoms with Crippen molar-refractivity contribution in [3.05, 3.63) is 0 Å². The van der Waals surface area contributed by atoms with Crippen LogP contribution in [0.25, 0.3) is 0 Å². The highest BCUT2D eigenvalue weighted by molar-refractivity contribution is 4.97. The molecule has 0 spiro atoms. The van der Waals surface area contributed by atoms with E-state index < -0.39 is 0 Å². The number of nitrogens with zero attached hydrogens (tertiary/aromatic N) is 2. The predicted molar refractivity (Wildman–Crippen MR) is 85.1 cm³/mol. The molecule has 3 aliphatic rings. The Kier molecular flexibility index (Phi) is 4.40. The van der Waals surface area contributed by atoms with Crippen molar-refractivity contribution in [2.45, 2.75) is 82.5 Å². The Morgan fingerprint density at radius 1 is 1.10 bits per heavy atom. The molecule has 0 amide bonds. The van der Waals surface area contributed by atoms with Gasteiger partial charge in [0.2, 0.25) is 0 Å². The van der Waals surface area contributed by atoms with Crippen molar-refractivity contribution in [2.75, 3.05) is 26.7 Å². The van der Waals surface area contributed by atoms with Crippen LogP contribution in [-0.4, -0.2) is 60.1 Å². The predicted octanol–water partition coefficient (Wildman–Crippen LogP) is 2.47. The number of piperidine rings is 2. The van der Waals surface area contributed by atoms with Crippen LogP contribution in [0.5, 0.6) is 0 Å². The molecule has 3 unspecified atom stereocenters. The van der Waals surface area contributed by atoms with Crippen molar-refractivity contribution in [3.8, 4) is 0 Å². The minimum Gasteiger partial charge on any atom is -0.310 e. The van der Waals surface area contributed by atoms with E-state index in [1.54, 1.807) is 0 Å². The van der Waals surface area contributed by atoms with Crippen LogP contribution in [0.1, 0.15) is 58.8 Å². The molecule has 3 fully saturated rings. The summed E-state index contributed by atoms with van der Waals surface area (Å²) in [6, 6.07) is 2.56. The Balaban J connectivity index is 1.69. The molecule has 3 rings (SSSR count). The lowest BCUT2D eigenvalue weighted by atomic mass is 9.81. The van der Waals surface area contributed by atoms with Gasteiger partial charge in [-0.2, -0.15) is 0 Å². The summed E-state index contributed by atoms with van der Waals surface area (Å²) in [5, 5.41) is 3.78. The number of nitrogens with one attached hydrogen (secondary N) is 1. The Hall–Kier alpha value is -0.120. The summed E-state index contributed by atoms with van der Waals surface area (Å²) in [7, 11) is 2.37. The minimum absolute atomic E-state index is 0.328. The van der Waals surface area contributed by atoms with E-state index in [-0.39, 0.29) is 0 Å². The summed E-state index contributed by atoms with van der Waals surface area (Å²) < 4.78 is 0. The lowest BCUT2D eigenvalue weighted by Crippen LogP contribution is -2.58. The molecule has 3 heteroatoms. The summed E-state index contributed by atoms with van der Waals surface area (Å²) >= 11 is 0. The average Bonchev–Trinajstić information content (AvgIpc) is 2.61. The van der Waals surface area contributed by atoms with Crippen LogP contribution in [-0.2, 0) is 0 Å². The second kappa shape index (κ2) is 5.94. The monoisotopic (exact) mass is 279 g/mol. The number of hydrogen-bond donors (Lipinski definition) is 1. The Morgan fingerprint density at radius 3 is 2.45 bits per heavy atom. The standard InChI is InChI=1S/C17H33N3/c1-4-17(2)13-20(10-6-9-18-17)16-11-14-7-5-8-15(12-16)19(14)3/h14-16,18H,4-13H2,1-3H3. The maximum Gasteiger partial charge on any atom is 0.0277 e. The van der Waals surface area contributed by atoms with E-state index >= 15 is 0 Å². The number of rotatable bonds is 2. The summed E-state index contributed by atoms with van der Waals surface area (Å²) in [6.07, 6.45) is 9.70. The molecule has 0 radical (unpaired) electrons. The summed E-state index contributed by atoms with van der Waals surface area (Å²) in [5.41, 5.74) is 0.328. The first-order valence-electron chi connectivity index (χ1n) is 8.82. The maximum absolute atomic E-state index is 3.78. The number of hydrogen-bond acceptors (Lipinski definition) is 3. The highest BCUT2D eigenvalue weighted by atomic mass is 15.3. The van der Waals surface area contributed by atoms with E-state index in [1.165, 1.54) is 64.6 Å². The lowest BCUT2D eigenvalue weighted by molar-refractivity contribution is 0.00437. The SMILES string of the molecule is CCC1(C)CN(C2CC3CCCC(C2)N3C)CCCN1. The third-order valence-corrected chi connectivity index (χ3v) is 6.34. The zero-order chi connectivity index (χ0) is 14.2. The smallest absolute Gasteiger partial charge is 0.0277 e. The fourth-order valence-electron chi connectivity index (χ4n) is 4.69. The normalized spacial score (nSPS) is 44.2. The lowest BCUT2D eigenvalue weighted by Gasteiger charge is -2.50. The van der Waals surface area contributed by atoms with Gasteiger partial charge in [-0.15, -0.1) is 0 Å². The van der Waals surface area contributed by atoms with E-state index in [0.717, 1.165) is 18.1 Å². The van der Waals surface area contributed by atoms with Gasteiger partial charge in [0, 0.05) is 30.2 Å². The van der Waals surface area contributed by atoms with E-state index in [4.69, 9.17) is 0 Å². The maximum atomic E-state index is 3.78. The zero-order valence-electron chi connectivity index (χ0n) is 13.7. The van der Waals surface area contributed by atoms with Gasteiger partial charge in [-0.3, -0.25) is 4.90 Å². The summed E-state index contributed by atoms with van der Waals surface area (Å²) in [4.78, 5) is 5.52. The molecule has 3 atom stereocenters. The molecule has 116 valence electrons. The second-order valence-electron chi connectivity index (χ2n) is 7.69. The zero-order valence-corrected chi connectivity index (χ0v) is 13.7. The van der Waals surface area contributed by atoms with Crippen molar-refractivity contribution < 1.29 is 0 Å². The molecule has 0 aromatic heterocycles. The van der Waals surface area contributed by atoms with Gasteiger partial charge >= 0.3 is 0 Å². The molecule has 3 nitrogen and oxygen atoms in total. The molecule has 2 bridgehead atoms. The summed E-state index contributed by atoms with van der Waals surface area (Å²) in [6.45, 7) is 8.50. The fraction of sp³-hybridized carbons (Fsp3) is 1.00. The molecule has 0 aliphatic carbocycles. The quantitative estimate of drug-likeness (QED) is 0.838. The van der Waals surface area contributed by atoms with E-state index in [1.807, 2.05) is 0 Å². The Morgan fingerprint density at radius 2 is 1.80 bits per heavy atom. The van der Waals surface area contributed by atoms with Crippen molar-refractivity contribution in [1.82, 2.24) is 15.1 Å². The van der Waals surface area contributed by atoms with E-state index in [0.29, 0.717) is 5.54 Å². The van der Waals surface area contributed by atoms with Crippen molar-refractivity contribution in [1.29, 1.82) is 0 Å². The van der Waals surface area contributed by atoms with Gasteiger partial charge < -0.3 is 10.2 Å². The van der Waals surface area contributed by atoms with Crippen LogP contribution in [0.3, 0.4) is 0 Å². The molecule has 0 aromatic carbocycles. The molecular formula is C17H33N3. The molecule has 3 heterocycles. The topological polar surface area (TPSA) is 18.5 Å². The first kappa shape index (κ1) is 14.8. The van der Waals surface area contributed by atoms with Crippen LogP contribution in [0.2, 0.25) is 0 Å². The van der Waals surface area contributed by atoms with Crippen molar-refractivity contribution >= 4 is 0 Å². The van der Waals surface area contributed by atoms with Crippen LogP contribution in [0, 0.1) is 0 Å². The first-order chi connectivity index (χ1) is 9.61. The van der Waals surface area contributed by atoms with E-state index in [9.17, 15) is 0 Å². The van der Waals surface area contributed by atoms with Crippen LogP contribution >= 0.6 is 0 Å². The van der Waals surface area contributed by atoms with Gasteiger partial charge in [0.25, 0.3) is 0 Å².